The standard InChI is InChI=1S/C20H21N5O4S/c1-12(26)13-5-7-14(8-6-13)21-15(27)11-25-17-16(18(28)23(2)20(25)29)30-19(22-17)24-9-3-4-10-24/h5-8H,3-4,9-11H2,1-2H3,(H,21,27). The maximum Gasteiger partial charge on any atom is 0.332 e. The highest BCUT2D eigenvalue weighted by atomic mass is 32.1. The van der Waals surface area contributed by atoms with E-state index < -0.39 is 17.2 Å². The van der Waals surface area contributed by atoms with Gasteiger partial charge in [0.15, 0.2) is 16.6 Å². The Bertz CT molecular complexity index is 1250. The highest BCUT2D eigenvalue weighted by Crippen LogP contribution is 2.28. The number of hydrogen-bond acceptors (Lipinski definition) is 7. The summed E-state index contributed by atoms with van der Waals surface area (Å²) in [5.74, 6) is -0.493. The van der Waals surface area contributed by atoms with E-state index in [1.165, 1.54) is 29.9 Å². The number of amides is 1. The molecule has 1 fully saturated rings. The Balaban J connectivity index is 1.65. The molecule has 30 heavy (non-hydrogen) atoms. The SMILES string of the molecule is CC(=O)c1ccc(NC(=O)Cn2c(=O)n(C)c(=O)c3sc(N4CCCC4)nc32)cc1. The quantitative estimate of drug-likeness (QED) is 0.620. The fourth-order valence-corrected chi connectivity index (χ4v) is 4.55. The Kier molecular flexibility index (Phi) is 5.25. The number of aromatic nitrogens is 3. The summed E-state index contributed by atoms with van der Waals surface area (Å²) in [7, 11) is 1.40. The molecule has 156 valence electrons. The zero-order chi connectivity index (χ0) is 21.4. The zero-order valence-corrected chi connectivity index (χ0v) is 17.5. The monoisotopic (exact) mass is 427 g/mol. The molecule has 0 atom stereocenters. The van der Waals surface area contributed by atoms with Crippen molar-refractivity contribution in [3.8, 4) is 0 Å². The van der Waals surface area contributed by atoms with Gasteiger partial charge in [-0.2, -0.15) is 0 Å². The molecule has 0 radical (unpaired) electrons. The van der Waals surface area contributed by atoms with Gasteiger partial charge < -0.3 is 10.2 Å². The van der Waals surface area contributed by atoms with Crippen LogP contribution < -0.4 is 21.5 Å². The van der Waals surface area contributed by atoms with Crippen molar-refractivity contribution in [3.63, 3.8) is 0 Å². The predicted octanol–water partition coefficient (Wildman–Crippen LogP) is 1.60. The summed E-state index contributed by atoms with van der Waals surface area (Å²) >= 11 is 1.25. The van der Waals surface area contributed by atoms with Crippen LogP contribution in [0.4, 0.5) is 10.8 Å². The normalized spacial score (nSPS) is 13.7. The summed E-state index contributed by atoms with van der Waals surface area (Å²) in [6, 6.07) is 6.50. The van der Waals surface area contributed by atoms with Crippen LogP contribution in [0.2, 0.25) is 0 Å². The first-order valence-corrected chi connectivity index (χ1v) is 10.4. The van der Waals surface area contributed by atoms with E-state index in [1.54, 1.807) is 24.3 Å². The summed E-state index contributed by atoms with van der Waals surface area (Å²) in [5, 5.41) is 3.41. The third-order valence-corrected chi connectivity index (χ3v) is 6.22. The molecule has 0 spiro atoms. The first-order chi connectivity index (χ1) is 14.3. The molecule has 2 aromatic heterocycles. The number of nitrogens with zero attached hydrogens (tertiary/aromatic N) is 4. The number of Topliss-reactive ketones (excluding diaryl/α,β-unsaturated/α-hetero) is 1. The molecule has 10 heteroatoms. The zero-order valence-electron chi connectivity index (χ0n) is 16.7. The van der Waals surface area contributed by atoms with Gasteiger partial charge in [-0.05, 0) is 44.0 Å². The van der Waals surface area contributed by atoms with Gasteiger partial charge in [0.2, 0.25) is 5.91 Å². The number of hydrogen-bond donors (Lipinski definition) is 1. The summed E-state index contributed by atoms with van der Waals surface area (Å²) < 4.78 is 2.59. The van der Waals surface area contributed by atoms with Crippen LogP contribution in [-0.2, 0) is 18.4 Å². The lowest BCUT2D eigenvalue weighted by Crippen LogP contribution is -2.39. The van der Waals surface area contributed by atoms with Gasteiger partial charge in [-0.3, -0.25) is 23.5 Å². The molecule has 0 unspecified atom stereocenters. The minimum atomic E-state index is -0.590. The fraction of sp³-hybridized carbons (Fsp3) is 0.350. The molecule has 1 amide bonds. The Hall–Kier alpha value is -3.27. The van der Waals surface area contributed by atoms with Crippen LogP contribution in [-0.4, -0.2) is 38.9 Å². The van der Waals surface area contributed by atoms with E-state index in [2.05, 4.69) is 15.2 Å². The number of anilines is 2. The van der Waals surface area contributed by atoms with Crippen molar-refractivity contribution in [2.75, 3.05) is 23.3 Å². The number of nitrogens with one attached hydrogen (secondary N) is 1. The Labute approximate surface area is 175 Å². The van der Waals surface area contributed by atoms with E-state index in [-0.39, 0.29) is 18.0 Å². The van der Waals surface area contributed by atoms with Crippen molar-refractivity contribution in [2.24, 2.45) is 7.05 Å². The number of carbonyl (C=O) groups is 2. The van der Waals surface area contributed by atoms with Gasteiger partial charge in [-0.15, -0.1) is 0 Å². The molecule has 0 bridgehead atoms. The molecule has 3 heterocycles. The molecule has 9 nitrogen and oxygen atoms in total. The number of thiazole rings is 1. The molecule has 4 rings (SSSR count). The highest BCUT2D eigenvalue weighted by Gasteiger charge is 2.22. The van der Waals surface area contributed by atoms with Crippen LogP contribution in [0, 0.1) is 0 Å². The lowest BCUT2D eigenvalue weighted by Gasteiger charge is -2.12. The number of carbonyl (C=O) groups excluding carboxylic acids is 2. The average Bonchev–Trinajstić information content (AvgIpc) is 3.40. The molecule has 3 aromatic rings. The van der Waals surface area contributed by atoms with Gasteiger partial charge >= 0.3 is 5.69 Å². The molecule has 1 aliphatic rings. The molecule has 1 aromatic carbocycles. The molecule has 1 saturated heterocycles. The molecule has 0 saturated carbocycles. The largest absolute Gasteiger partial charge is 0.348 e. The van der Waals surface area contributed by atoms with Crippen LogP contribution >= 0.6 is 11.3 Å². The summed E-state index contributed by atoms with van der Waals surface area (Å²) in [5.41, 5.74) is 0.287. The maximum atomic E-state index is 12.7. The topological polar surface area (TPSA) is 106 Å². The van der Waals surface area contributed by atoms with Crippen LogP contribution in [0.25, 0.3) is 10.3 Å². The number of ketones is 1. The lowest BCUT2D eigenvalue weighted by molar-refractivity contribution is -0.116. The van der Waals surface area contributed by atoms with Gasteiger partial charge in [0.25, 0.3) is 5.56 Å². The van der Waals surface area contributed by atoms with Crippen molar-refractivity contribution in [1.82, 2.24) is 14.1 Å². The minimum Gasteiger partial charge on any atom is -0.348 e. The van der Waals surface area contributed by atoms with E-state index in [1.807, 2.05) is 0 Å². The fourth-order valence-electron chi connectivity index (χ4n) is 3.45. The van der Waals surface area contributed by atoms with Crippen LogP contribution in [0.3, 0.4) is 0 Å². The van der Waals surface area contributed by atoms with Crippen molar-refractivity contribution in [1.29, 1.82) is 0 Å². The first-order valence-electron chi connectivity index (χ1n) is 9.61. The third-order valence-electron chi connectivity index (χ3n) is 5.12. The number of benzene rings is 1. The molecule has 1 N–H and O–H groups in total. The minimum absolute atomic E-state index is 0.0654. The second-order valence-electron chi connectivity index (χ2n) is 7.26. The molecular formula is C20H21N5O4S. The summed E-state index contributed by atoms with van der Waals surface area (Å²) in [4.78, 5) is 55.9. The van der Waals surface area contributed by atoms with E-state index in [9.17, 15) is 19.2 Å². The smallest absolute Gasteiger partial charge is 0.332 e. The highest BCUT2D eigenvalue weighted by molar-refractivity contribution is 7.22. The van der Waals surface area contributed by atoms with Gasteiger partial charge in [-0.25, -0.2) is 9.78 Å². The van der Waals surface area contributed by atoms with Gasteiger partial charge in [0.1, 0.15) is 11.2 Å². The van der Waals surface area contributed by atoms with Crippen molar-refractivity contribution in [2.45, 2.75) is 26.3 Å². The molecule has 0 aliphatic carbocycles. The van der Waals surface area contributed by atoms with Gasteiger partial charge in [-0.1, -0.05) is 11.3 Å². The van der Waals surface area contributed by atoms with Gasteiger partial charge in [0.05, 0.1) is 0 Å². The second kappa shape index (κ2) is 7.86. The van der Waals surface area contributed by atoms with Crippen LogP contribution in [0.15, 0.2) is 33.9 Å². The summed E-state index contributed by atoms with van der Waals surface area (Å²) in [6.45, 7) is 2.92. The van der Waals surface area contributed by atoms with E-state index >= 15 is 0 Å². The average molecular weight is 427 g/mol. The van der Waals surface area contributed by atoms with E-state index in [0.29, 0.717) is 21.1 Å². The first kappa shape index (κ1) is 20.0. The van der Waals surface area contributed by atoms with Crippen LogP contribution in [0.1, 0.15) is 30.1 Å². The van der Waals surface area contributed by atoms with E-state index in [4.69, 9.17) is 0 Å². The predicted molar refractivity (Wildman–Crippen MR) is 116 cm³/mol. The van der Waals surface area contributed by atoms with Gasteiger partial charge in [0, 0.05) is 31.4 Å². The third kappa shape index (κ3) is 3.65. The Morgan fingerprint density at radius 2 is 1.80 bits per heavy atom. The molecule has 1 aliphatic heterocycles. The summed E-state index contributed by atoms with van der Waals surface area (Å²) in [6.07, 6.45) is 2.12. The van der Waals surface area contributed by atoms with Crippen molar-refractivity contribution in [3.05, 3.63) is 50.7 Å². The van der Waals surface area contributed by atoms with E-state index in [0.717, 1.165) is 30.5 Å². The second-order valence-corrected chi connectivity index (χ2v) is 8.24. The van der Waals surface area contributed by atoms with Crippen molar-refractivity contribution < 1.29 is 9.59 Å². The lowest BCUT2D eigenvalue weighted by atomic mass is 10.1. The Morgan fingerprint density at radius 3 is 2.43 bits per heavy atom. The van der Waals surface area contributed by atoms with Crippen LogP contribution in [0.5, 0.6) is 0 Å². The molecular weight excluding hydrogens is 406 g/mol. The number of fused-ring (bicyclic) bond motifs is 1. The Morgan fingerprint density at radius 1 is 1.13 bits per heavy atom. The maximum absolute atomic E-state index is 12.7. The van der Waals surface area contributed by atoms with Crippen molar-refractivity contribution >= 4 is 44.2 Å². The number of rotatable bonds is 5.